The molecule has 6 nitrogen and oxygen atoms in total. The summed E-state index contributed by atoms with van der Waals surface area (Å²) in [6.07, 6.45) is 0. The maximum atomic E-state index is 13.1. The number of amides is 3. The number of urea groups is 1. The fourth-order valence-corrected chi connectivity index (χ4v) is 3.35. The molecule has 3 amide bonds. The Morgan fingerprint density at radius 1 is 0.966 bits per heavy atom. The van der Waals surface area contributed by atoms with Gasteiger partial charge >= 0.3 is 6.03 Å². The molecule has 1 aromatic heterocycles. The molecule has 0 bridgehead atoms. The zero-order valence-electron chi connectivity index (χ0n) is 15.5. The molecule has 0 unspecified atom stereocenters. The van der Waals surface area contributed by atoms with Crippen LogP contribution in [0.2, 0.25) is 0 Å². The maximum Gasteiger partial charge on any atom is 0.315 e. The number of carbonyl (C=O) groups excluding carboxylic acids is 2. The molecule has 0 aliphatic heterocycles. The summed E-state index contributed by atoms with van der Waals surface area (Å²) in [6, 6.07) is 11.1. The Morgan fingerprint density at radius 3 is 2.24 bits per heavy atom. The smallest absolute Gasteiger partial charge is 0.315 e. The predicted octanol–water partition coefficient (Wildman–Crippen LogP) is 3.83. The minimum atomic E-state index is -0.521. The Morgan fingerprint density at radius 2 is 1.59 bits per heavy atom. The molecule has 150 valence electrons. The first kappa shape index (κ1) is 20.4. The van der Waals surface area contributed by atoms with E-state index in [4.69, 9.17) is 0 Å². The number of aryl methyl sites for hydroxylation is 1. The molecule has 9 heteroatoms. The molecule has 0 spiro atoms. The first-order valence-electron chi connectivity index (χ1n) is 8.70. The summed E-state index contributed by atoms with van der Waals surface area (Å²) < 4.78 is 25.9. The number of carbonyl (C=O) groups is 2. The van der Waals surface area contributed by atoms with Crippen molar-refractivity contribution in [3.05, 3.63) is 70.6 Å². The van der Waals surface area contributed by atoms with Crippen molar-refractivity contribution in [1.82, 2.24) is 15.6 Å². The standard InChI is InChI=1S/C20H18F2N4O2S/c1-12-18(14-4-8-16(22)9-5-14)26-20(29-12)25-17(27)11-24-19(28)23-10-13-2-6-15(21)7-3-13/h2-9H,10-11H2,1H3,(H2,23,24,28)(H,25,26,27). The van der Waals surface area contributed by atoms with E-state index < -0.39 is 11.9 Å². The molecule has 3 N–H and O–H groups in total. The van der Waals surface area contributed by atoms with Crippen molar-refractivity contribution in [3.8, 4) is 11.3 Å². The van der Waals surface area contributed by atoms with Crippen LogP contribution in [0.3, 0.4) is 0 Å². The van der Waals surface area contributed by atoms with Crippen LogP contribution in [-0.2, 0) is 11.3 Å². The molecule has 0 saturated carbocycles. The lowest BCUT2D eigenvalue weighted by Gasteiger charge is -2.07. The normalized spacial score (nSPS) is 10.4. The van der Waals surface area contributed by atoms with Crippen LogP contribution < -0.4 is 16.0 Å². The molecule has 1 heterocycles. The second-order valence-electron chi connectivity index (χ2n) is 6.14. The van der Waals surface area contributed by atoms with Gasteiger partial charge in [0.05, 0.1) is 12.2 Å². The average molecular weight is 416 g/mol. The molecule has 0 atom stereocenters. The number of halogens is 2. The van der Waals surface area contributed by atoms with Crippen LogP contribution in [0.25, 0.3) is 11.3 Å². The summed E-state index contributed by atoms with van der Waals surface area (Å²) in [7, 11) is 0. The number of benzene rings is 2. The van der Waals surface area contributed by atoms with E-state index in [1.165, 1.54) is 35.6 Å². The van der Waals surface area contributed by atoms with Gasteiger partial charge in [-0.3, -0.25) is 4.79 Å². The van der Waals surface area contributed by atoms with Gasteiger partial charge in [0, 0.05) is 17.0 Å². The van der Waals surface area contributed by atoms with E-state index >= 15 is 0 Å². The number of nitrogens with one attached hydrogen (secondary N) is 3. The summed E-state index contributed by atoms with van der Waals surface area (Å²) in [6.45, 7) is 1.83. The molecular formula is C20H18F2N4O2S. The minimum Gasteiger partial charge on any atom is -0.334 e. The van der Waals surface area contributed by atoms with E-state index in [2.05, 4.69) is 20.9 Å². The molecule has 0 aliphatic rings. The van der Waals surface area contributed by atoms with Gasteiger partial charge in [-0.15, -0.1) is 11.3 Å². The zero-order valence-corrected chi connectivity index (χ0v) is 16.3. The molecule has 2 aromatic carbocycles. The van der Waals surface area contributed by atoms with Gasteiger partial charge in [-0.25, -0.2) is 18.6 Å². The van der Waals surface area contributed by atoms with E-state index in [1.807, 2.05) is 6.92 Å². The van der Waals surface area contributed by atoms with Crippen molar-refractivity contribution < 1.29 is 18.4 Å². The van der Waals surface area contributed by atoms with Crippen molar-refractivity contribution in [2.24, 2.45) is 0 Å². The van der Waals surface area contributed by atoms with E-state index in [0.717, 1.165) is 16.0 Å². The third-order valence-corrected chi connectivity index (χ3v) is 4.82. The highest BCUT2D eigenvalue weighted by Gasteiger charge is 2.13. The van der Waals surface area contributed by atoms with E-state index in [1.54, 1.807) is 24.3 Å². The van der Waals surface area contributed by atoms with E-state index in [9.17, 15) is 18.4 Å². The van der Waals surface area contributed by atoms with Crippen LogP contribution in [0.15, 0.2) is 48.5 Å². The number of rotatable bonds is 6. The summed E-state index contributed by atoms with van der Waals surface area (Å²) >= 11 is 1.29. The molecule has 0 aliphatic carbocycles. The summed E-state index contributed by atoms with van der Waals surface area (Å²) in [5.41, 5.74) is 2.15. The lowest BCUT2D eigenvalue weighted by Crippen LogP contribution is -2.39. The highest BCUT2D eigenvalue weighted by Crippen LogP contribution is 2.30. The maximum absolute atomic E-state index is 13.1. The van der Waals surface area contributed by atoms with Gasteiger partial charge < -0.3 is 16.0 Å². The Hall–Kier alpha value is -3.33. The Balaban J connectivity index is 1.48. The quantitative estimate of drug-likeness (QED) is 0.571. The Bertz CT molecular complexity index is 1000. The molecular weight excluding hydrogens is 398 g/mol. The van der Waals surface area contributed by atoms with Crippen molar-refractivity contribution in [2.45, 2.75) is 13.5 Å². The average Bonchev–Trinajstić information content (AvgIpc) is 3.06. The van der Waals surface area contributed by atoms with Gasteiger partial charge in [-0.05, 0) is 48.9 Å². The molecule has 0 fully saturated rings. The number of nitrogens with zero attached hydrogens (tertiary/aromatic N) is 1. The van der Waals surface area contributed by atoms with Gasteiger partial charge in [0.1, 0.15) is 11.6 Å². The van der Waals surface area contributed by atoms with Crippen molar-refractivity contribution >= 4 is 28.4 Å². The van der Waals surface area contributed by atoms with E-state index in [0.29, 0.717) is 10.8 Å². The largest absolute Gasteiger partial charge is 0.334 e. The van der Waals surface area contributed by atoms with Gasteiger partial charge in [0.2, 0.25) is 5.91 Å². The molecule has 0 radical (unpaired) electrons. The van der Waals surface area contributed by atoms with Crippen LogP contribution >= 0.6 is 11.3 Å². The third-order valence-electron chi connectivity index (χ3n) is 3.94. The number of aromatic nitrogens is 1. The van der Waals surface area contributed by atoms with Crippen LogP contribution in [0.5, 0.6) is 0 Å². The van der Waals surface area contributed by atoms with Crippen molar-refractivity contribution in [1.29, 1.82) is 0 Å². The fraction of sp³-hybridized carbons (Fsp3) is 0.150. The SMILES string of the molecule is Cc1sc(NC(=O)CNC(=O)NCc2ccc(F)cc2)nc1-c1ccc(F)cc1. The zero-order chi connectivity index (χ0) is 20.8. The number of anilines is 1. The second-order valence-corrected chi connectivity index (χ2v) is 7.34. The molecule has 3 rings (SSSR count). The van der Waals surface area contributed by atoms with Gasteiger partial charge in [-0.2, -0.15) is 0 Å². The number of hydrogen-bond donors (Lipinski definition) is 3. The van der Waals surface area contributed by atoms with Gasteiger partial charge in [-0.1, -0.05) is 12.1 Å². The Kier molecular flexibility index (Phi) is 6.50. The molecule has 29 heavy (non-hydrogen) atoms. The summed E-state index contributed by atoms with van der Waals surface area (Å²) in [4.78, 5) is 29.1. The molecule has 0 saturated heterocycles. The summed E-state index contributed by atoms with van der Waals surface area (Å²) in [5, 5.41) is 8.04. The van der Waals surface area contributed by atoms with Crippen LogP contribution in [0.4, 0.5) is 18.7 Å². The topological polar surface area (TPSA) is 83.1 Å². The minimum absolute atomic E-state index is 0.209. The highest BCUT2D eigenvalue weighted by atomic mass is 32.1. The lowest BCUT2D eigenvalue weighted by molar-refractivity contribution is -0.115. The molecule has 3 aromatic rings. The first-order chi connectivity index (χ1) is 13.9. The lowest BCUT2D eigenvalue weighted by atomic mass is 10.1. The van der Waals surface area contributed by atoms with Crippen molar-refractivity contribution in [3.63, 3.8) is 0 Å². The van der Waals surface area contributed by atoms with Gasteiger partial charge in [0.15, 0.2) is 5.13 Å². The Labute approximate surface area is 170 Å². The highest BCUT2D eigenvalue weighted by molar-refractivity contribution is 7.16. The van der Waals surface area contributed by atoms with Crippen LogP contribution in [0.1, 0.15) is 10.4 Å². The van der Waals surface area contributed by atoms with Crippen LogP contribution in [-0.4, -0.2) is 23.5 Å². The monoisotopic (exact) mass is 416 g/mol. The summed E-state index contributed by atoms with van der Waals surface area (Å²) in [5.74, 6) is -1.12. The van der Waals surface area contributed by atoms with Crippen LogP contribution in [0, 0.1) is 18.6 Å². The van der Waals surface area contributed by atoms with Crippen molar-refractivity contribution in [2.75, 3.05) is 11.9 Å². The predicted molar refractivity (Wildman–Crippen MR) is 108 cm³/mol. The number of hydrogen-bond acceptors (Lipinski definition) is 4. The van der Waals surface area contributed by atoms with Gasteiger partial charge in [0.25, 0.3) is 0 Å². The van der Waals surface area contributed by atoms with E-state index in [-0.39, 0.29) is 24.7 Å². The first-order valence-corrected chi connectivity index (χ1v) is 9.52. The second kappa shape index (κ2) is 9.24. The number of thiazole rings is 1. The fourth-order valence-electron chi connectivity index (χ4n) is 2.50. The third kappa shape index (κ3) is 5.82.